The number of rotatable bonds is 8. The molecule has 6 rings (SSSR count). The minimum absolute atomic E-state index is 0.109. The number of carbonyl (C=O) groups excluding carboxylic acids is 1. The molecule has 0 saturated carbocycles. The van der Waals surface area contributed by atoms with Gasteiger partial charge in [0.2, 0.25) is 17.0 Å². The molecule has 6 heterocycles. The van der Waals surface area contributed by atoms with Gasteiger partial charge in [0.05, 0.1) is 30.5 Å². The number of ether oxygens (including phenoxy) is 1. The number of nitrogens with two attached hydrogens (primary N) is 2. The number of morpholine rings is 1. The van der Waals surface area contributed by atoms with Crippen LogP contribution in [0.5, 0.6) is 0 Å². The van der Waals surface area contributed by atoms with Crippen molar-refractivity contribution in [1.82, 2.24) is 18.7 Å². The molecule has 1 aliphatic rings. The second-order valence-electron chi connectivity index (χ2n) is 8.42. The van der Waals surface area contributed by atoms with E-state index in [-0.39, 0.29) is 22.4 Å². The lowest BCUT2D eigenvalue weighted by molar-refractivity contribution is 0.100. The average molecular weight is 538 g/mol. The molecule has 196 valence electrons. The minimum atomic E-state index is -0.690. The van der Waals surface area contributed by atoms with Gasteiger partial charge in [-0.3, -0.25) is 14.0 Å². The molecule has 5 aromatic heterocycles. The molecule has 1 aliphatic heterocycles. The quantitative estimate of drug-likeness (QED) is 0.224. The Morgan fingerprint density at radius 3 is 2.84 bits per heavy atom. The summed E-state index contributed by atoms with van der Waals surface area (Å²) in [5, 5.41) is 6.82. The van der Waals surface area contributed by atoms with Gasteiger partial charge in [-0.05, 0) is 11.5 Å². The molecular weight excluding hydrogens is 514 g/mol. The molecule has 0 spiro atoms. The molecule has 1 fully saturated rings. The van der Waals surface area contributed by atoms with E-state index in [2.05, 4.69) is 25.0 Å². The van der Waals surface area contributed by atoms with Crippen LogP contribution >= 0.6 is 11.5 Å². The maximum Gasteiger partial charge on any atom is 0.256 e. The number of carbonyl (C=O) groups is 1. The number of primary amides is 1. The molecule has 5 aromatic rings. The number of furan rings is 1. The van der Waals surface area contributed by atoms with E-state index in [9.17, 15) is 9.59 Å². The molecular formula is C23H23N9O5S. The highest BCUT2D eigenvalue weighted by Gasteiger charge is 2.23. The van der Waals surface area contributed by atoms with Gasteiger partial charge in [0.1, 0.15) is 16.8 Å². The van der Waals surface area contributed by atoms with E-state index in [4.69, 9.17) is 25.0 Å². The van der Waals surface area contributed by atoms with Crippen molar-refractivity contribution in [3.63, 3.8) is 0 Å². The van der Waals surface area contributed by atoms with Gasteiger partial charge in [-0.15, -0.1) is 0 Å². The third-order valence-electron chi connectivity index (χ3n) is 6.00. The predicted molar refractivity (Wildman–Crippen MR) is 141 cm³/mol. The van der Waals surface area contributed by atoms with Crippen molar-refractivity contribution in [1.29, 1.82) is 0 Å². The van der Waals surface area contributed by atoms with E-state index in [0.717, 1.165) is 11.5 Å². The number of aromatic nitrogens is 4. The zero-order valence-electron chi connectivity index (χ0n) is 20.0. The van der Waals surface area contributed by atoms with Gasteiger partial charge in [-0.25, -0.2) is 4.98 Å². The summed E-state index contributed by atoms with van der Waals surface area (Å²) in [6, 6.07) is 3.17. The Bertz CT molecular complexity index is 1700. The summed E-state index contributed by atoms with van der Waals surface area (Å²) >= 11 is 1.13. The highest BCUT2D eigenvalue weighted by molar-refractivity contribution is 7.10. The van der Waals surface area contributed by atoms with Crippen LogP contribution in [0.1, 0.15) is 10.4 Å². The lowest BCUT2D eigenvalue weighted by Gasteiger charge is -2.26. The van der Waals surface area contributed by atoms with Gasteiger partial charge in [0, 0.05) is 44.6 Å². The number of nitrogens with one attached hydrogen (secondary N) is 2. The Balaban J connectivity index is 1.36. The normalized spacial score (nSPS) is 13.9. The first-order valence-corrected chi connectivity index (χ1v) is 12.5. The van der Waals surface area contributed by atoms with E-state index in [1.54, 1.807) is 22.9 Å². The Hall–Kier alpha value is -4.47. The lowest BCUT2D eigenvalue weighted by atomic mass is 10.2. The van der Waals surface area contributed by atoms with Crippen molar-refractivity contribution in [3.05, 3.63) is 46.6 Å². The summed E-state index contributed by atoms with van der Waals surface area (Å²) in [5.74, 6) is 0.412. The summed E-state index contributed by atoms with van der Waals surface area (Å²) < 4.78 is 23.2. The van der Waals surface area contributed by atoms with Crippen molar-refractivity contribution >= 4 is 56.9 Å². The molecule has 1 saturated heterocycles. The van der Waals surface area contributed by atoms with Crippen molar-refractivity contribution < 1.29 is 18.4 Å². The van der Waals surface area contributed by atoms with Gasteiger partial charge in [0.15, 0.2) is 22.9 Å². The molecule has 6 N–H and O–H groups in total. The molecule has 15 heteroatoms. The molecule has 38 heavy (non-hydrogen) atoms. The highest BCUT2D eigenvalue weighted by atomic mass is 32.1. The Labute approximate surface area is 218 Å². The summed E-state index contributed by atoms with van der Waals surface area (Å²) in [5.41, 5.74) is 13.0. The fourth-order valence-electron chi connectivity index (χ4n) is 4.23. The maximum atomic E-state index is 12.7. The van der Waals surface area contributed by atoms with Crippen molar-refractivity contribution in [2.45, 2.75) is 0 Å². The SMILES string of the molecule is NCCNc1nc(Nc2cc(-c3coc4c(=O)cc(N5CCOCC5)oc34)ns2)c(C(N)=O)c2nccn12. The van der Waals surface area contributed by atoms with E-state index < -0.39 is 5.91 Å². The van der Waals surface area contributed by atoms with Crippen molar-refractivity contribution in [2.75, 3.05) is 54.9 Å². The van der Waals surface area contributed by atoms with Crippen LogP contribution in [0.3, 0.4) is 0 Å². The van der Waals surface area contributed by atoms with Crippen LogP contribution in [-0.2, 0) is 4.74 Å². The minimum Gasteiger partial charge on any atom is -0.456 e. The van der Waals surface area contributed by atoms with Crippen LogP contribution in [0, 0.1) is 0 Å². The third kappa shape index (κ3) is 4.21. The zero-order chi connectivity index (χ0) is 26.2. The van der Waals surface area contributed by atoms with Gasteiger partial charge >= 0.3 is 0 Å². The smallest absolute Gasteiger partial charge is 0.256 e. The Morgan fingerprint density at radius 2 is 2.05 bits per heavy atom. The average Bonchev–Trinajstić information content (AvgIpc) is 3.67. The number of hydrogen-bond donors (Lipinski definition) is 4. The van der Waals surface area contributed by atoms with E-state index in [0.29, 0.717) is 78.7 Å². The topological polar surface area (TPSA) is 192 Å². The number of hydrogen-bond acceptors (Lipinski definition) is 13. The van der Waals surface area contributed by atoms with Crippen LogP contribution < -0.4 is 32.4 Å². The first-order valence-electron chi connectivity index (χ1n) is 11.8. The standard InChI is InChI=1S/C23H23N9O5S/c24-1-2-27-23-29-21(17(20(25)34)22-26-3-4-32(22)23)28-15-9-13(30-38-15)12-11-36-19-14(33)10-16(37-18(12)19)31-5-7-35-8-6-31/h3-4,9-11,28H,1-2,5-8,24H2,(H2,25,34)(H,27,29). The number of fused-ring (bicyclic) bond motifs is 2. The number of imidazole rings is 1. The number of anilines is 4. The molecule has 0 bridgehead atoms. The van der Waals surface area contributed by atoms with Gasteiger partial charge in [-0.1, -0.05) is 0 Å². The second-order valence-corrected chi connectivity index (χ2v) is 9.22. The third-order valence-corrected chi connectivity index (χ3v) is 6.71. The van der Waals surface area contributed by atoms with Crippen LogP contribution in [0.4, 0.5) is 22.7 Å². The summed E-state index contributed by atoms with van der Waals surface area (Å²) in [7, 11) is 0. The van der Waals surface area contributed by atoms with Crippen molar-refractivity contribution in [3.8, 4) is 11.3 Å². The van der Waals surface area contributed by atoms with E-state index in [1.165, 1.54) is 12.3 Å². The predicted octanol–water partition coefficient (Wildman–Crippen LogP) is 1.60. The fraction of sp³-hybridized carbons (Fsp3) is 0.261. The lowest BCUT2D eigenvalue weighted by Crippen LogP contribution is -2.36. The summed E-state index contributed by atoms with van der Waals surface area (Å²) in [6.07, 6.45) is 4.66. The Morgan fingerprint density at radius 1 is 1.21 bits per heavy atom. The molecule has 0 aromatic carbocycles. The van der Waals surface area contributed by atoms with Gasteiger partial charge in [0.25, 0.3) is 5.91 Å². The number of nitrogens with zero attached hydrogens (tertiary/aromatic N) is 5. The molecule has 1 amide bonds. The zero-order valence-corrected chi connectivity index (χ0v) is 20.8. The molecule has 0 radical (unpaired) electrons. The highest BCUT2D eigenvalue weighted by Crippen LogP contribution is 2.35. The molecule has 0 atom stereocenters. The van der Waals surface area contributed by atoms with Crippen LogP contribution in [0.2, 0.25) is 0 Å². The summed E-state index contributed by atoms with van der Waals surface area (Å²) in [6.45, 7) is 3.19. The fourth-order valence-corrected chi connectivity index (χ4v) is 4.89. The monoisotopic (exact) mass is 537 g/mol. The van der Waals surface area contributed by atoms with Crippen LogP contribution in [0.25, 0.3) is 28.1 Å². The van der Waals surface area contributed by atoms with Gasteiger partial charge < -0.3 is 40.6 Å². The van der Waals surface area contributed by atoms with Gasteiger partial charge in [-0.2, -0.15) is 9.36 Å². The van der Waals surface area contributed by atoms with E-state index in [1.807, 2.05) is 4.90 Å². The number of amides is 1. The first-order chi connectivity index (χ1) is 18.5. The van der Waals surface area contributed by atoms with Crippen LogP contribution in [-0.4, -0.2) is 64.0 Å². The largest absolute Gasteiger partial charge is 0.456 e. The maximum absolute atomic E-state index is 12.7. The van der Waals surface area contributed by atoms with E-state index >= 15 is 0 Å². The second kappa shape index (κ2) is 9.77. The molecule has 14 nitrogen and oxygen atoms in total. The molecule has 0 aliphatic carbocycles. The first kappa shape index (κ1) is 23.9. The Kier molecular flexibility index (Phi) is 6.15. The van der Waals surface area contributed by atoms with Crippen LogP contribution in [0.15, 0.2) is 44.4 Å². The van der Waals surface area contributed by atoms with Crippen molar-refractivity contribution in [2.24, 2.45) is 11.5 Å². The molecule has 0 unspecified atom stereocenters. The summed E-state index contributed by atoms with van der Waals surface area (Å²) in [4.78, 5) is 35.8.